The normalized spacial score (nSPS) is 14.9. The van der Waals surface area contributed by atoms with Gasteiger partial charge in [0.1, 0.15) is 0 Å². The smallest absolute Gasteiger partial charge is 0.329 e. The van der Waals surface area contributed by atoms with Gasteiger partial charge in [-0.2, -0.15) is 5.10 Å². The molecule has 1 aromatic rings. The van der Waals surface area contributed by atoms with Crippen LogP contribution in [0.4, 0.5) is 0 Å². The molecule has 0 heterocycles. The molecule has 0 bridgehead atoms. The van der Waals surface area contributed by atoms with E-state index in [1.807, 2.05) is 24.3 Å². The Labute approximate surface area is 119 Å². The lowest BCUT2D eigenvalue weighted by atomic mass is 10.1. The van der Waals surface area contributed by atoms with Crippen LogP contribution in [-0.4, -0.2) is 23.6 Å². The molecule has 2 rings (SSSR count). The Morgan fingerprint density at radius 1 is 1.21 bits per heavy atom. The standard InChI is InChI=1S/C13H14BrN3O2/c1-8(9-2-4-10(14)5-3-9)16-17-13(19)12(18)15-11-6-7-11/h2-5,11H,6-7H2,1H3,(H,15,18)(H,17,19)/b16-8-. The highest BCUT2D eigenvalue weighted by Gasteiger charge is 2.26. The topological polar surface area (TPSA) is 70.6 Å². The van der Waals surface area contributed by atoms with Gasteiger partial charge in [0.05, 0.1) is 5.71 Å². The summed E-state index contributed by atoms with van der Waals surface area (Å²) in [6.45, 7) is 1.77. The molecule has 100 valence electrons. The molecule has 1 saturated carbocycles. The molecule has 0 spiro atoms. The van der Waals surface area contributed by atoms with Crippen molar-refractivity contribution in [1.29, 1.82) is 0 Å². The Kier molecular flexibility index (Phi) is 4.31. The molecule has 1 aliphatic carbocycles. The van der Waals surface area contributed by atoms with Crippen LogP contribution in [0.2, 0.25) is 0 Å². The maximum Gasteiger partial charge on any atom is 0.329 e. The van der Waals surface area contributed by atoms with E-state index >= 15 is 0 Å². The fourth-order valence-electron chi connectivity index (χ4n) is 1.42. The summed E-state index contributed by atoms with van der Waals surface area (Å²) < 4.78 is 0.969. The van der Waals surface area contributed by atoms with Gasteiger partial charge in [-0.25, -0.2) is 5.43 Å². The zero-order chi connectivity index (χ0) is 13.8. The maximum atomic E-state index is 11.5. The molecule has 2 amide bonds. The molecule has 6 heteroatoms. The van der Waals surface area contributed by atoms with Crippen LogP contribution in [0.25, 0.3) is 0 Å². The first kappa shape index (κ1) is 13.7. The Bertz CT molecular complexity index is 521. The summed E-state index contributed by atoms with van der Waals surface area (Å²) >= 11 is 3.34. The van der Waals surface area contributed by atoms with Gasteiger partial charge in [0.25, 0.3) is 0 Å². The minimum atomic E-state index is -0.733. The van der Waals surface area contributed by atoms with Gasteiger partial charge in [0.2, 0.25) is 0 Å². The van der Waals surface area contributed by atoms with Crippen LogP contribution in [0.1, 0.15) is 25.3 Å². The highest BCUT2D eigenvalue weighted by atomic mass is 79.9. The second-order valence-corrected chi connectivity index (χ2v) is 5.31. The zero-order valence-electron chi connectivity index (χ0n) is 10.4. The number of benzene rings is 1. The lowest BCUT2D eigenvalue weighted by molar-refractivity contribution is -0.139. The molecular weight excluding hydrogens is 310 g/mol. The predicted octanol–water partition coefficient (Wildman–Crippen LogP) is 1.57. The van der Waals surface area contributed by atoms with Gasteiger partial charge in [-0.3, -0.25) is 9.59 Å². The second kappa shape index (κ2) is 5.97. The summed E-state index contributed by atoms with van der Waals surface area (Å²) in [6.07, 6.45) is 1.89. The molecule has 1 aromatic carbocycles. The number of halogens is 1. The first-order valence-electron chi connectivity index (χ1n) is 5.97. The molecule has 0 unspecified atom stereocenters. The molecular formula is C13H14BrN3O2. The molecule has 0 aliphatic heterocycles. The van der Waals surface area contributed by atoms with E-state index in [4.69, 9.17) is 0 Å². The molecule has 0 saturated heterocycles. The van der Waals surface area contributed by atoms with Gasteiger partial charge < -0.3 is 5.32 Å². The number of carbonyl (C=O) groups is 2. The van der Waals surface area contributed by atoms with Gasteiger partial charge >= 0.3 is 11.8 Å². The Hall–Kier alpha value is -1.69. The van der Waals surface area contributed by atoms with Crippen LogP contribution in [-0.2, 0) is 9.59 Å². The van der Waals surface area contributed by atoms with Crippen LogP contribution in [0.3, 0.4) is 0 Å². The van der Waals surface area contributed by atoms with E-state index in [2.05, 4.69) is 31.8 Å². The molecule has 0 aromatic heterocycles. The number of carbonyl (C=O) groups excluding carboxylic acids is 2. The van der Waals surface area contributed by atoms with E-state index in [-0.39, 0.29) is 6.04 Å². The molecule has 0 atom stereocenters. The van der Waals surface area contributed by atoms with Gasteiger partial charge in [0, 0.05) is 10.5 Å². The van der Waals surface area contributed by atoms with Crippen molar-refractivity contribution in [3.63, 3.8) is 0 Å². The number of rotatable bonds is 3. The summed E-state index contributed by atoms with van der Waals surface area (Å²) in [5, 5.41) is 6.51. The van der Waals surface area contributed by atoms with Crippen molar-refractivity contribution in [3.8, 4) is 0 Å². The molecule has 19 heavy (non-hydrogen) atoms. The first-order chi connectivity index (χ1) is 9.06. The Morgan fingerprint density at radius 3 is 2.42 bits per heavy atom. The van der Waals surface area contributed by atoms with Crippen LogP contribution in [0.5, 0.6) is 0 Å². The van der Waals surface area contributed by atoms with E-state index in [1.54, 1.807) is 6.92 Å². The van der Waals surface area contributed by atoms with Gasteiger partial charge in [-0.1, -0.05) is 28.1 Å². The van der Waals surface area contributed by atoms with E-state index in [0.717, 1.165) is 22.9 Å². The van der Waals surface area contributed by atoms with Crippen LogP contribution in [0, 0.1) is 0 Å². The SMILES string of the molecule is C/C(=N/NC(=O)C(=O)NC1CC1)c1ccc(Br)cc1. The summed E-state index contributed by atoms with van der Waals surface area (Å²) in [6, 6.07) is 7.68. The third kappa shape index (κ3) is 4.17. The number of hydrazone groups is 1. The van der Waals surface area contributed by atoms with Crippen molar-refractivity contribution in [3.05, 3.63) is 34.3 Å². The van der Waals surface area contributed by atoms with Gasteiger partial charge in [-0.05, 0) is 37.5 Å². The van der Waals surface area contributed by atoms with Crippen molar-refractivity contribution < 1.29 is 9.59 Å². The molecule has 0 radical (unpaired) electrons. The Morgan fingerprint density at radius 2 is 1.84 bits per heavy atom. The average molecular weight is 324 g/mol. The van der Waals surface area contributed by atoms with Crippen molar-refractivity contribution in [2.75, 3.05) is 0 Å². The average Bonchev–Trinajstić information content (AvgIpc) is 3.20. The number of hydrogen-bond donors (Lipinski definition) is 2. The maximum absolute atomic E-state index is 11.5. The number of amides is 2. The van der Waals surface area contributed by atoms with E-state index < -0.39 is 11.8 Å². The molecule has 1 aliphatic rings. The van der Waals surface area contributed by atoms with Crippen molar-refractivity contribution in [2.45, 2.75) is 25.8 Å². The Balaban J connectivity index is 1.91. The fraction of sp³-hybridized carbons (Fsp3) is 0.308. The summed E-state index contributed by atoms with van der Waals surface area (Å²) in [4.78, 5) is 22.8. The zero-order valence-corrected chi connectivity index (χ0v) is 12.0. The van der Waals surface area contributed by atoms with Crippen molar-refractivity contribution in [1.82, 2.24) is 10.7 Å². The lowest BCUT2D eigenvalue weighted by Crippen LogP contribution is -2.39. The van der Waals surface area contributed by atoms with Crippen molar-refractivity contribution >= 4 is 33.5 Å². The van der Waals surface area contributed by atoms with Gasteiger partial charge in [0.15, 0.2) is 0 Å². The summed E-state index contributed by atoms with van der Waals surface area (Å²) in [5.41, 5.74) is 3.77. The quantitative estimate of drug-likeness (QED) is 0.503. The minimum Gasteiger partial charge on any atom is -0.345 e. The largest absolute Gasteiger partial charge is 0.345 e. The molecule has 2 N–H and O–H groups in total. The second-order valence-electron chi connectivity index (χ2n) is 4.39. The monoisotopic (exact) mass is 323 g/mol. The summed E-state index contributed by atoms with van der Waals surface area (Å²) in [7, 11) is 0. The lowest BCUT2D eigenvalue weighted by Gasteiger charge is -2.03. The third-order valence-electron chi connectivity index (χ3n) is 2.71. The van der Waals surface area contributed by atoms with E-state index in [1.165, 1.54) is 0 Å². The van der Waals surface area contributed by atoms with Crippen molar-refractivity contribution in [2.24, 2.45) is 5.10 Å². The highest BCUT2D eigenvalue weighted by molar-refractivity contribution is 9.10. The molecule has 1 fully saturated rings. The molecule has 5 nitrogen and oxygen atoms in total. The van der Waals surface area contributed by atoms with Crippen LogP contribution >= 0.6 is 15.9 Å². The summed E-state index contributed by atoms with van der Waals surface area (Å²) in [5.74, 6) is -1.36. The van der Waals surface area contributed by atoms with E-state index in [9.17, 15) is 9.59 Å². The highest BCUT2D eigenvalue weighted by Crippen LogP contribution is 2.18. The third-order valence-corrected chi connectivity index (χ3v) is 3.23. The fourth-order valence-corrected chi connectivity index (χ4v) is 1.68. The predicted molar refractivity (Wildman–Crippen MR) is 75.7 cm³/mol. The first-order valence-corrected chi connectivity index (χ1v) is 6.76. The van der Waals surface area contributed by atoms with Crippen LogP contribution in [0.15, 0.2) is 33.8 Å². The minimum absolute atomic E-state index is 0.162. The number of nitrogens with one attached hydrogen (secondary N) is 2. The number of hydrogen-bond acceptors (Lipinski definition) is 3. The number of nitrogens with zero attached hydrogens (tertiary/aromatic N) is 1. The van der Waals surface area contributed by atoms with Crippen LogP contribution < -0.4 is 10.7 Å². The van der Waals surface area contributed by atoms with Gasteiger partial charge in [-0.15, -0.1) is 0 Å². The van der Waals surface area contributed by atoms with E-state index in [0.29, 0.717) is 5.71 Å².